The van der Waals surface area contributed by atoms with Crippen LogP contribution in [0.2, 0.25) is 0 Å². The lowest BCUT2D eigenvalue weighted by atomic mass is 10.2. The van der Waals surface area contributed by atoms with E-state index in [1.54, 1.807) is 36.4 Å². The predicted octanol–water partition coefficient (Wildman–Crippen LogP) is 2.25. The summed E-state index contributed by atoms with van der Waals surface area (Å²) in [4.78, 5) is 12.1. The maximum Gasteiger partial charge on any atom is 0.257 e. The lowest BCUT2D eigenvalue weighted by Crippen LogP contribution is -2.34. The highest BCUT2D eigenvalue weighted by Crippen LogP contribution is 2.32. The SMILES string of the molecule is O=C(NC(=S)Nc1cccc(O)c1)c1ccc2c(c1)OCO2. The maximum absolute atomic E-state index is 12.1. The second-order valence-electron chi connectivity index (χ2n) is 4.53. The summed E-state index contributed by atoms with van der Waals surface area (Å²) in [6, 6.07) is 11.3. The smallest absolute Gasteiger partial charge is 0.257 e. The van der Waals surface area contributed by atoms with Gasteiger partial charge in [-0.2, -0.15) is 0 Å². The van der Waals surface area contributed by atoms with Gasteiger partial charge >= 0.3 is 0 Å². The van der Waals surface area contributed by atoms with E-state index >= 15 is 0 Å². The molecule has 0 atom stereocenters. The maximum atomic E-state index is 12.1. The molecule has 0 radical (unpaired) electrons. The number of carbonyl (C=O) groups excluding carboxylic acids is 1. The number of anilines is 1. The van der Waals surface area contributed by atoms with Gasteiger partial charge in [-0.05, 0) is 42.5 Å². The number of amides is 1. The van der Waals surface area contributed by atoms with E-state index < -0.39 is 0 Å². The van der Waals surface area contributed by atoms with Gasteiger partial charge in [0.15, 0.2) is 16.6 Å². The van der Waals surface area contributed by atoms with E-state index in [1.807, 2.05) is 0 Å². The third-order valence-electron chi connectivity index (χ3n) is 2.97. The van der Waals surface area contributed by atoms with Crippen LogP contribution < -0.4 is 20.1 Å². The number of rotatable bonds is 2. The number of phenolic OH excluding ortho intramolecular Hbond substituents is 1. The van der Waals surface area contributed by atoms with Gasteiger partial charge in [0, 0.05) is 17.3 Å². The van der Waals surface area contributed by atoms with Crippen LogP contribution in [0.5, 0.6) is 17.2 Å². The normalized spacial score (nSPS) is 11.8. The Bertz CT molecular complexity index is 748. The summed E-state index contributed by atoms with van der Waals surface area (Å²) in [5.41, 5.74) is 0.986. The first-order valence-corrected chi connectivity index (χ1v) is 6.84. The quantitative estimate of drug-likeness (QED) is 0.738. The molecule has 0 aliphatic carbocycles. The van der Waals surface area contributed by atoms with Crippen molar-refractivity contribution in [2.45, 2.75) is 0 Å². The number of nitrogens with one attached hydrogen (secondary N) is 2. The summed E-state index contributed by atoms with van der Waals surface area (Å²) in [6.07, 6.45) is 0. The molecule has 3 N–H and O–H groups in total. The Labute approximate surface area is 131 Å². The average Bonchev–Trinajstić information content (AvgIpc) is 2.94. The van der Waals surface area contributed by atoms with E-state index in [2.05, 4.69) is 10.6 Å². The molecule has 3 rings (SSSR count). The monoisotopic (exact) mass is 316 g/mol. The zero-order chi connectivity index (χ0) is 15.5. The standard InChI is InChI=1S/C15H12N2O4S/c18-11-3-1-2-10(7-11)16-15(22)17-14(19)9-4-5-12-13(6-9)21-8-20-12/h1-7,18H,8H2,(H2,16,17,19,22). The highest BCUT2D eigenvalue weighted by Gasteiger charge is 2.16. The lowest BCUT2D eigenvalue weighted by Gasteiger charge is -2.10. The van der Waals surface area contributed by atoms with Crippen LogP contribution in [-0.2, 0) is 0 Å². The molecule has 0 saturated carbocycles. The Morgan fingerprint density at radius 2 is 1.95 bits per heavy atom. The Morgan fingerprint density at radius 3 is 2.77 bits per heavy atom. The minimum Gasteiger partial charge on any atom is -0.508 e. The number of hydrogen-bond acceptors (Lipinski definition) is 5. The molecular weight excluding hydrogens is 304 g/mol. The van der Waals surface area contributed by atoms with E-state index in [4.69, 9.17) is 21.7 Å². The van der Waals surface area contributed by atoms with Gasteiger partial charge in [-0.25, -0.2) is 0 Å². The summed E-state index contributed by atoms with van der Waals surface area (Å²) in [5, 5.41) is 14.9. The Morgan fingerprint density at radius 1 is 1.14 bits per heavy atom. The van der Waals surface area contributed by atoms with E-state index in [0.29, 0.717) is 22.7 Å². The van der Waals surface area contributed by atoms with E-state index in [-0.39, 0.29) is 23.6 Å². The summed E-state index contributed by atoms with van der Waals surface area (Å²) >= 11 is 5.07. The van der Waals surface area contributed by atoms with Crippen molar-refractivity contribution in [3.8, 4) is 17.2 Å². The molecule has 0 fully saturated rings. The van der Waals surface area contributed by atoms with E-state index in [1.165, 1.54) is 6.07 Å². The second kappa shape index (κ2) is 5.90. The molecule has 0 saturated heterocycles. The summed E-state index contributed by atoms with van der Waals surface area (Å²) in [7, 11) is 0. The van der Waals surface area contributed by atoms with Gasteiger partial charge in [-0.1, -0.05) is 6.07 Å². The van der Waals surface area contributed by atoms with Crippen LogP contribution in [-0.4, -0.2) is 22.9 Å². The van der Waals surface area contributed by atoms with Gasteiger partial charge in [0.1, 0.15) is 5.75 Å². The molecular formula is C15H12N2O4S. The third-order valence-corrected chi connectivity index (χ3v) is 3.17. The van der Waals surface area contributed by atoms with Crippen molar-refractivity contribution in [3.63, 3.8) is 0 Å². The zero-order valence-electron chi connectivity index (χ0n) is 11.3. The van der Waals surface area contributed by atoms with Crippen LogP contribution in [0.1, 0.15) is 10.4 Å². The third kappa shape index (κ3) is 3.09. The molecule has 1 heterocycles. The molecule has 0 spiro atoms. The molecule has 7 heteroatoms. The second-order valence-corrected chi connectivity index (χ2v) is 4.93. The fraction of sp³-hybridized carbons (Fsp3) is 0.0667. The van der Waals surface area contributed by atoms with E-state index in [0.717, 1.165) is 0 Å². The molecule has 22 heavy (non-hydrogen) atoms. The van der Waals surface area contributed by atoms with Gasteiger partial charge in [0.25, 0.3) is 5.91 Å². The number of benzene rings is 2. The van der Waals surface area contributed by atoms with Crippen LogP contribution in [0.15, 0.2) is 42.5 Å². The molecule has 0 aromatic heterocycles. The van der Waals surface area contributed by atoms with Gasteiger partial charge in [-0.15, -0.1) is 0 Å². The van der Waals surface area contributed by atoms with Crippen LogP contribution in [0.4, 0.5) is 5.69 Å². The number of aromatic hydroxyl groups is 1. The van der Waals surface area contributed by atoms with Crippen molar-refractivity contribution in [2.24, 2.45) is 0 Å². The Kier molecular flexibility index (Phi) is 3.80. The van der Waals surface area contributed by atoms with Crippen LogP contribution in [0.3, 0.4) is 0 Å². The first-order chi connectivity index (χ1) is 10.6. The molecule has 6 nitrogen and oxygen atoms in total. The largest absolute Gasteiger partial charge is 0.508 e. The van der Waals surface area contributed by atoms with Crippen molar-refractivity contribution < 1.29 is 19.4 Å². The molecule has 1 aliphatic rings. The van der Waals surface area contributed by atoms with Crippen molar-refractivity contribution in [2.75, 3.05) is 12.1 Å². The summed E-state index contributed by atoms with van der Waals surface area (Å²) in [5.74, 6) is 0.877. The number of thiocarbonyl (C=S) groups is 1. The molecule has 0 bridgehead atoms. The molecule has 2 aromatic carbocycles. The van der Waals surface area contributed by atoms with Gasteiger partial charge in [0.2, 0.25) is 6.79 Å². The number of carbonyl (C=O) groups is 1. The minimum absolute atomic E-state index is 0.106. The van der Waals surface area contributed by atoms with Crippen LogP contribution in [0.25, 0.3) is 0 Å². The highest BCUT2D eigenvalue weighted by atomic mass is 32.1. The number of hydrogen-bond donors (Lipinski definition) is 3. The number of ether oxygens (including phenoxy) is 2. The molecule has 1 aliphatic heterocycles. The molecule has 1 amide bonds. The predicted molar refractivity (Wildman–Crippen MR) is 84.4 cm³/mol. The fourth-order valence-electron chi connectivity index (χ4n) is 1.96. The van der Waals surface area contributed by atoms with Crippen molar-refractivity contribution in [1.29, 1.82) is 0 Å². The van der Waals surface area contributed by atoms with Crippen molar-refractivity contribution in [1.82, 2.24) is 5.32 Å². The van der Waals surface area contributed by atoms with Gasteiger partial charge < -0.3 is 19.9 Å². The van der Waals surface area contributed by atoms with Gasteiger partial charge in [0.05, 0.1) is 0 Å². The number of fused-ring (bicyclic) bond motifs is 1. The van der Waals surface area contributed by atoms with Crippen molar-refractivity contribution in [3.05, 3.63) is 48.0 Å². The van der Waals surface area contributed by atoms with E-state index in [9.17, 15) is 9.90 Å². The van der Waals surface area contributed by atoms with Crippen LogP contribution in [0, 0.1) is 0 Å². The van der Waals surface area contributed by atoms with Gasteiger partial charge in [-0.3, -0.25) is 10.1 Å². The summed E-state index contributed by atoms with van der Waals surface area (Å²) in [6.45, 7) is 0.151. The average molecular weight is 316 g/mol. The molecule has 112 valence electrons. The topological polar surface area (TPSA) is 79.8 Å². The first-order valence-electron chi connectivity index (χ1n) is 6.43. The van der Waals surface area contributed by atoms with Crippen LogP contribution >= 0.6 is 12.2 Å². The zero-order valence-corrected chi connectivity index (χ0v) is 12.1. The highest BCUT2D eigenvalue weighted by molar-refractivity contribution is 7.80. The summed E-state index contributed by atoms with van der Waals surface area (Å²) < 4.78 is 10.4. The molecule has 2 aromatic rings. The van der Waals surface area contributed by atoms with Crippen molar-refractivity contribution >= 4 is 28.9 Å². The first kappa shape index (κ1) is 14.2. The fourth-order valence-corrected chi connectivity index (χ4v) is 2.17. The Balaban J connectivity index is 1.65. The number of phenols is 1. The molecule has 0 unspecified atom stereocenters. The lowest BCUT2D eigenvalue weighted by molar-refractivity contribution is 0.0977. The minimum atomic E-state index is -0.365. The Hall–Kier alpha value is -2.80.